The molecule has 2 aromatic rings. The first-order valence-corrected chi connectivity index (χ1v) is 8.46. The summed E-state index contributed by atoms with van der Waals surface area (Å²) in [5.41, 5.74) is 3.72. The highest BCUT2D eigenvalue weighted by atomic mass is 79.9. The molecule has 108 valence electrons. The fourth-order valence-electron chi connectivity index (χ4n) is 2.15. The van der Waals surface area contributed by atoms with E-state index < -0.39 is 6.10 Å². The number of ether oxygens (including phenoxy) is 1. The molecule has 0 aliphatic carbocycles. The largest absolute Gasteiger partial charge is 0.496 e. The summed E-state index contributed by atoms with van der Waals surface area (Å²) in [7, 11) is 1.65. The van der Waals surface area contributed by atoms with E-state index in [9.17, 15) is 5.11 Å². The molecule has 3 nitrogen and oxygen atoms in total. The van der Waals surface area contributed by atoms with E-state index in [0.717, 1.165) is 35.7 Å². The Labute approximate surface area is 139 Å². The zero-order chi connectivity index (χ0) is 14.9. The van der Waals surface area contributed by atoms with E-state index in [4.69, 9.17) is 4.74 Å². The van der Waals surface area contributed by atoms with Crippen LogP contribution in [0.5, 0.6) is 5.75 Å². The van der Waals surface area contributed by atoms with Crippen LogP contribution in [0.15, 0.2) is 19.8 Å². The fourth-order valence-corrected chi connectivity index (χ4v) is 5.11. The third-order valence-electron chi connectivity index (χ3n) is 3.18. The molecule has 20 heavy (non-hydrogen) atoms. The lowest BCUT2D eigenvalue weighted by molar-refractivity contribution is 0.176. The smallest absolute Gasteiger partial charge is 0.128 e. The molecule has 0 bridgehead atoms. The lowest BCUT2D eigenvalue weighted by Gasteiger charge is -2.15. The standard InChI is InChI=1S/C14H15Br2NO2S/c1-7-6-17-10(8(2)13(7)19-3)5-11(18)9-4-12(15)20-14(9)16/h4,6,11,18H,5H2,1-3H3. The topological polar surface area (TPSA) is 42.4 Å². The first kappa shape index (κ1) is 15.9. The number of rotatable bonds is 4. The maximum absolute atomic E-state index is 10.4. The van der Waals surface area contributed by atoms with Crippen LogP contribution in [-0.4, -0.2) is 17.2 Å². The number of aliphatic hydroxyl groups is 1. The van der Waals surface area contributed by atoms with Gasteiger partial charge >= 0.3 is 0 Å². The van der Waals surface area contributed by atoms with Gasteiger partial charge < -0.3 is 9.84 Å². The first-order valence-electron chi connectivity index (χ1n) is 6.06. The van der Waals surface area contributed by atoms with Gasteiger partial charge in [-0.05, 0) is 51.8 Å². The molecule has 0 amide bonds. The monoisotopic (exact) mass is 419 g/mol. The first-order chi connectivity index (χ1) is 9.43. The predicted molar refractivity (Wildman–Crippen MR) is 88.6 cm³/mol. The van der Waals surface area contributed by atoms with E-state index in [-0.39, 0.29) is 0 Å². The van der Waals surface area contributed by atoms with Crippen molar-refractivity contribution in [3.05, 3.63) is 42.2 Å². The highest BCUT2D eigenvalue weighted by Gasteiger charge is 2.18. The molecule has 6 heteroatoms. The summed E-state index contributed by atoms with van der Waals surface area (Å²) in [6, 6.07) is 1.93. The van der Waals surface area contributed by atoms with Crippen molar-refractivity contribution >= 4 is 43.2 Å². The van der Waals surface area contributed by atoms with Crippen molar-refractivity contribution in [2.45, 2.75) is 26.4 Å². The van der Waals surface area contributed by atoms with Gasteiger partial charge in [-0.15, -0.1) is 11.3 Å². The summed E-state index contributed by atoms with van der Waals surface area (Å²) in [5.74, 6) is 0.841. The molecule has 2 rings (SSSR count). The number of aryl methyl sites for hydroxylation is 1. The maximum Gasteiger partial charge on any atom is 0.128 e. The van der Waals surface area contributed by atoms with Crippen LogP contribution in [0.3, 0.4) is 0 Å². The van der Waals surface area contributed by atoms with Crippen molar-refractivity contribution in [1.29, 1.82) is 0 Å². The number of thiophene rings is 1. The third-order valence-corrected chi connectivity index (χ3v) is 5.56. The molecule has 2 aromatic heterocycles. The van der Waals surface area contributed by atoms with Crippen LogP contribution in [0.2, 0.25) is 0 Å². The van der Waals surface area contributed by atoms with Gasteiger partial charge in [0.2, 0.25) is 0 Å². The predicted octanol–water partition coefficient (Wildman–Crippen LogP) is 4.57. The molecule has 2 heterocycles. The van der Waals surface area contributed by atoms with Crippen molar-refractivity contribution in [3.63, 3.8) is 0 Å². The fraction of sp³-hybridized carbons (Fsp3) is 0.357. The second-order valence-electron chi connectivity index (χ2n) is 4.55. The summed E-state index contributed by atoms with van der Waals surface area (Å²) in [6.07, 6.45) is 1.65. The molecule has 0 saturated heterocycles. The number of halogens is 2. The highest BCUT2D eigenvalue weighted by molar-refractivity contribution is 9.12. The number of nitrogens with zero attached hydrogens (tertiary/aromatic N) is 1. The second kappa shape index (κ2) is 6.56. The van der Waals surface area contributed by atoms with E-state index in [0.29, 0.717) is 6.42 Å². The van der Waals surface area contributed by atoms with E-state index in [2.05, 4.69) is 36.8 Å². The molecule has 1 atom stereocenters. The molecular formula is C14H15Br2NO2S. The zero-order valence-corrected chi connectivity index (χ0v) is 15.4. The Morgan fingerprint density at radius 1 is 1.40 bits per heavy atom. The van der Waals surface area contributed by atoms with Crippen molar-refractivity contribution in [3.8, 4) is 5.75 Å². The Morgan fingerprint density at radius 2 is 2.10 bits per heavy atom. The molecule has 1 unspecified atom stereocenters. The minimum Gasteiger partial charge on any atom is -0.496 e. The molecule has 0 aromatic carbocycles. The van der Waals surface area contributed by atoms with Crippen molar-refractivity contribution < 1.29 is 9.84 Å². The van der Waals surface area contributed by atoms with Gasteiger partial charge in [0.25, 0.3) is 0 Å². The SMILES string of the molecule is COc1c(C)cnc(CC(O)c2cc(Br)sc2Br)c1C. The molecule has 0 spiro atoms. The molecule has 0 radical (unpaired) electrons. The van der Waals surface area contributed by atoms with Crippen molar-refractivity contribution in [2.24, 2.45) is 0 Å². The molecule has 1 N–H and O–H groups in total. The van der Waals surface area contributed by atoms with E-state index >= 15 is 0 Å². The number of pyridine rings is 1. The quantitative estimate of drug-likeness (QED) is 0.787. The molecular weight excluding hydrogens is 406 g/mol. The van der Waals surface area contributed by atoms with Gasteiger partial charge in [-0.1, -0.05) is 0 Å². The summed E-state index contributed by atoms with van der Waals surface area (Å²) >= 11 is 8.45. The van der Waals surface area contributed by atoms with Crippen LogP contribution in [0.25, 0.3) is 0 Å². The number of aromatic nitrogens is 1. The lowest BCUT2D eigenvalue weighted by atomic mass is 10.0. The van der Waals surface area contributed by atoms with Crippen LogP contribution in [0.4, 0.5) is 0 Å². The van der Waals surface area contributed by atoms with Crippen molar-refractivity contribution in [2.75, 3.05) is 7.11 Å². The Balaban J connectivity index is 2.28. The summed E-state index contributed by atoms with van der Waals surface area (Å²) < 4.78 is 7.32. The second-order valence-corrected chi connectivity index (χ2v) is 8.29. The number of hydrogen-bond donors (Lipinski definition) is 1. The minimum atomic E-state index is -0.592. The summed E-state index contributed by atoms with van der Waals surface area (Å²) in [4.78, 5) is 4.42. The van der Waals surface area contributed by atoms with Gasteiger partial charge in [0.05, 0.1) is 20.8 Å². The number of aliphatic hydroxyl groups excluding tert-OH is 1. The number of hydrogen-bond acceptors (Lipinski definition) is 4. The van der Waals surface area contributed by atoms with Crippen LogP contribution >= 0.6 is 43.2 Å². The van der Waals surface area contributed by atoms with E-state index in [1.54, 1.807) is 24.6 Å². The molecule has 0 aliphatic heterocycles. The Bertz CT molecular complexity index is 628. The average molecular weight is 421 g/mol. The van der Waals surface area contributed by atoms with Crippen LogP contribution in [-0.2, 0) is 6.42 Å². The Hall–Kier alpha value is -0.430. The normalized spacial score (nSPS) is 12.5. The zero-order valence-electron chi connectivity index (χ0n) is 11.4. The van der Waals surface area contributed by atoms with Gasteiger partial charge in [-0.25, -0.2) is 0 Å². The molecule has 0 aliphatic rings. The van der Waals surface area contributed by atoms with Gasteiger partial charge in [-0.2, -0.15) is 0 Å². The number of methoxy groups -OCH3 is 1. The van der Waals surface area contributed by atoms with Crippen LogP contribution in [0, 0.1) is 13.8 Å². The van der Waals surface area contributed by atoms with Crippen LogP contribution in [0.1, 0.15) is 28.5 Å². The minimum absolute atomic E-state index is 0.463. The van der Waals surface area contributed by atoms with E-state index in [1.165, 1.54) is 0 Å². The summed E-state index contributed by atoms with van der Waals surface area (Å²) in [5, 5.41) is 10.4. The highest BCUT2D eigenvalue weighted by Crippen LogP contribution is 2.37. The Morgan fingerprint density at radius 3 is 2.65 bits per heavy atom. The van der Waals surface area contributed by atoms with Gasteiger partial charge in [0, 0.05) is 35.0 Å². The van der Waals surface area contributed by atoms with Gasteiger partial charge in [0.1, 0.15) is 5.75 Å². The van der Waals surface area contributed by atoms with Crippen LogP contribution < -0.4 is 4.74 Å². The van der Waals surface area contributed by atoms with Gasteiger partial charge in [-0.3, -0.25) is 4.98 Å². The van der Waals surface area contributed by atoms with Gasteiger partial charge in [0.15, 0.2) is 0 Å². The molecule has 0 saturated carbocycles. The Kier molecular flexibility index (Phi) is 5.23. The average Bonchev–Trinajstić information content (AvgIpc) is 2.73. The maximum atomic E-state index is 10.4. The van der Waals surface area contributed by atoms with E-state index in [1.807, 2.05) is 19.9 Å². The van der Waals surface area contributed by atoms with Crippen molar-refractivity contribution in [1.82, 2.24) is 4.98 Å². The third kappa shape index (κ3) is 3.24. The lowest BCUT2D eigenvalue weighted by Crippen LogP contribution is -2.06. The summed E-state index contributed by atoms with van der Waals surface area (Å²) in [6.45, 7) is 3.94. The molecule has 0 fully saturated rings.